The molecule has 1 aromatic heterocycles. The molecule has 0 fully saturated rings. The van der Waals surface area contributed by atoms with Gasteiger partial charge in [-0.3, -0.25) is 4.79 Å². The van der Waals surface area contributed by atoms with Crippen molar-refractivity contribution in [2.75, 3.05) is 0 Å². The van der Waals surface area contributed by atoms with Gasteiger partial charge in [0, 0.05) is 24.0 Å². The first-order valence-corrected chi connectivity index (χ1v) is 7.46. The number of benzene rings is 1. The van der Waals surface area contributed by atoms with Crippen LogP contribution in [0.15, 0.2) is 41.2 Å². The smallest absolute Gasteiger partial charge is 0.344 e. The van der Waals surface area contributed by atoms with Crippen LogP contribution in [0.1, 0.15) is 40.7 Å². The van der Waals surface area contributed by atoms with Gasteiger partial charge in [0.25, 0.3) is 0 Å². The first kappa shape index (κ1) is 16.0. The highest BCUT2D eigenvalue weighted by molar-refractivity contribution is 5.90. The number of rotatable bonds is 5. The standard InChI is InChI=1S/C18H21NO3/c1-4-10-19-13(2)11-16(20)17(14(19)3)18(21)22-12-15-8-6-5-7-9-15/h5-9,11H,4,10,12H2,1-3H3. The quantitative estimate of drug-likeness (QED) is 0.796. The summed E-state index contributed by atoms with van der Waals surface area (Å²) in [5, 5.41) is 0. The molecule has 4 nitrogen and oxygen atoms in total. The molecule has 1 heterocycles. The molecule has 0 aliphatic rings. The van der Waals surface area contributed by atoms with Crippen LogP contribution in [0.2, 0.25) is 0 Å². The summed E-state index contributed by atoms with van der Waals surface area (Å²) < 4.78 is 7.28. The van der Waals surface area contributed by atoms with Crippen LogP contribution in [0, 0.1) is 13.8 Å². The fraction of sp³-hybridized carbons (Fsp3) is 0.333. The third-order valence-corrected chi connectivity index (χ3v) is 3.64. The lowest BCUT2D eigenvalue weighted by atomic mass is 10.1. The molecule has 2 aromatic rings. The van der Waals surface area contributed by atoms with E-state index < -0.39 is 5.97 Å². The van der Waals surface area contributed by atoms with Crippen molar-refractivity contribution >= 4 is 5.97 Å². The van der Waals surface area contributed by atoms with Crippen molar-refractivity contribution < 1.29 is 9.53 Å². The molecule has 22 heavy (non-hydrogen) atoms. The molecule has 4 heteroatoms. The Balaban J connectivity index is 2.26. The molecule has 0 saturated carbocycles. The molecule has 0 amide bonds. The Morgan fingerprint density at radius 2 is 1.86 bits per heavy atom. The van der Waals surface area contributed by atoms with E-state index >= 15 is 0 Å². The fourth-order valence-electron chi connectivity index (χ4n) is 2.53. The minimum atomic E-state index is -0.559. The summed E-state index contributed by atoms with van der Waals surface area (Å²) in [6, 6.07) is 10.9. The normalized spacial score (nSPS) is 10.5. The number of nitrogens with zero attached hydrogens (tertiary/aromatic N) is 1. The molecule has 0 unspecified atom stereocenters. The van der Waals surface area contributed by atoms with Gasteiger partial charge in [0.05, 0.1) is 0 Å². The van der Waals surface area contributed by atoms with E-state index in [1.807, 2.05) is 41.8 Å². The van der Waals surface area contributed by atoms with Crippen molar-refractivity contribution in [1.29, 1.82) is 0 Å². The van der Waals surface area contributed by atoms with E-state index in [2.05, 4.69) is 6.92 Å². The molecule has 2 rings (SSSR count). The van der Waals surface area contributed by atoms with Crippen LogP contribution < -0.4 is 5.43 Å². The second kappa shape index (κ2) is 7.07. The molecular weight excluding hydrogens is 278 g/mol. The van der Waals surface area contributed by atoms with Crippen LogP contribution >= 0.6 is 0 Å². The average Bonchev–Trinajstić information content (AvgIpc) is 2.50. The van der Waals surface area contributed by atoms with E-state index in [9.17, 15) is 9.59 Å². The van der Waals surface area contributed by atoms with Gasteiger partial charge >= 0.3 is 5.97 Å². The maximum absolute atomic E-state index is 12.3. The van der Waals surface area contributed by atoms with E-state index in [1.54, 1.807) is 6.92 Å². The Kier molecular flexibility index (Phi) is 5.15. The number of carbonyl (C=O) groups excluding carboxylic acids is 1. The number of carbonyl (C=O) groups is 1. The van der Waals surface area contributed by atoms with Crippen LogP contribution in [-0.2, 0) is 17.9 Å². The van der Waals surface area contributed by atoms with Crippen molar-refractivity contribution in [2.45, 2.75) is 40.3 Å². The first-order chi connectivity index (χ1) is 10.5. The third-order valence-electron chi connectivity index (χ3n) is 3.64. The van der Waals surface area contributed by atoms with Crippen molar-refractivity contribution in [3.8, 4) is 0 Å². The number of hydrogen-bond acceptors (Lipinski definition) is 3. The Labute approximate surface area is 130 Å². The van der Waals surface area contributed by atoms with Gasteiger partial charge < -0.3 is 9.30 Å². The van der Waals surface area contributed by atoms with Crippen molar-refractivity contribution in [1.82, 2.24) is 4.57 Å². The lowest BCUT2D eigenvalue weighted by Crippen LogP contribution is -2.24. The first-order valence-electron chi connectivity index (χ1n) is 7.46. The lowest BCUT2D eigenvalue weighted by Gasteiger charge is -2.16. The highest BCUT2D eigenvalue weighted by Crippen LogP contribution is 2.11. The minimum Gasteiger partial charge on any atom is -0.457 e. The third kappa shape index (κ3) is 3.45. The lowest BCUT2D eigenvalue weighted by molar-refractivity contribution is 0.0469. The molecule has 0 bridgehead atoms. The number of hydrogen-bond donors (Lipinski definition) is 0. The summed E-state index contributed by atoms with van der Waals surface area (Å²) in [6.45, 7) is 6.67. The van der Waals surface area contributed by atoms with E-state index in [0.29, 0.717) is 5.69 Å². The number of aryl methyl sites for hydroxylation is 1. The zero-order valence-electron chi connectivity index (χ0n) is 13.3. The van der Waals surface area contributed by atoms with Crippen LogP contribution in [0.4, 0.5) is 0 Å². The van der Waals surface area contributed by atoms with Gasteiger partial charge in [-0.15, -0.1) is 0 Å². The molecule has 0 aliphatic heterocycles. The summed E-state index contributed by atoms with van der Waals surface area (Å²) in [5.41, 5.74) is 2.29. The fourth-order valence-corrected chi connectivity index (χ4v) is 2.53. The minimum absolute atomic E-state index is 0.134. The van der Waals surface area contributed by atoms with Crippen molar-refractivity contribution in [3.63, 3.8) is 0 Å². The van der Waals surface area contributed by atoms with E-state index in [4.69, 9.17) is 4.74 Å². The van der Waals surface area contributed by atoms with Crippen molar-refractivity contribution in [2.24, 2.45) is 0 Å². The average molecular weight is 299 g/mol. The van der Waals surface area contributed by atoms with E-state index in [0.717, 1.165) is 24.2 Å². The Hall–Kier alpha value is -2.36. The molecule has 0 aliphatic carbocycles. The summed E-state index contributed by atoms with van der Waals surface area (Å²) in [4.78, 5) is 24.4. The Morgan fingerprint density at radius 1 is 1.18 bits per heavy atom. The van der Waals surface area contributed by atoms with Gasteiger partial charge in [0.2, 0.25) is 0 Å². The monoisotopic (exact) mass is 299 g/mol. The topological polar surface area (TPSA) is 48.3 Å². The van der Waals surface area contributed by atoms with Gasteiger partial charge in [-0.25, -0.2) is 4.79 Å². The maximum Gasteiger partial charge on any atom is 0.344 e. The number of aromatic nitrogens is 1. The zero-order chi connectivity index (χ0) is 16.1. The number of esters is 1. The summed E-state index contributed by atoms with van der Waals surface area (Å²) in [5.74, 6) is -0.559. The van der Waals surface area contributed by atoms with E-state index in [1.165, 1.54) is 6.07 Å². The molecule has 0 N–H and O–H groups in total. The largest absolute Gasteiger partial charge is 0.457 e. The van der Waals surface area contributed by atoms with Gasteiger partial charge in [-0.05, 0) is 25.8 Å². The Morgan fingerprint density at radius 3 is 2.50 bits per heavy atom. The van der Waals surface area contributed by atoms with Gasteiger partial charge in [0.15, 0.2) is 5.43 Å². The number of pyridine rings is 1. The Bertz CT molecular complexity index is 717. The van der Waals surface area contributed by atoms with Gasteiger partial charge in [-0.1, -0.05) is 37.3 Å². The van der Waals surface area contributed by atoms with E-state index in [-0.39, 0.29) is 17.6 Å². The molecule has 1 aromatic carbocycles. The van der Waals surface area contributed by atoms with Crippen LogP contribution in [0.5, 0.6) is 0 Å². The second-order valence-electron chi connectivity index (χ2n) is 5.32. The molecule has 0 radical (unpaired) electrons. The molecule has 0 spiro atoms. The highest BCUT2D eigenvalue weighted by Gasteiger charge is 2.18. The van der Waals surface area contributed by atoms with Gasteiger partial charge in [-0.2, -0.15) is 0 Å². The molecule has 0 saturated heterocycles. The van der Waals surface area contributed by atoms with Crippen LogP contribution in [0.3, 0.4) is 0 Å². The SMILES string of the molecule is CCCn1c(C)cc(=O)c(C(=O)OCc2ccccc2)c1C. The molecule has 116 valence electrons. The summed E-state index contributed by atoms with van der Waals surface area (Å²) >= 11 is 0. The maximum atomic E-state index is 12.3. The predicted octanol–water partition coefficient (Wildman–Crippen LogP) is 3.23. The van der Waals surface area contributed by atoms with Gasteiger partial charge in [0.1, 0.15) is 12.2 Å². The summed E-state index contributed by atoms with van der Waals surface area (Å²) in [6.07, 6.45) is 0.934. The van der Waals surface area contributed by atoms with Crippen LogP contribution in [0.25, 0.3) is 0 Å². The van der Waals surface area contributed by atoms with Crippen LogP contribution in [-0.4, -0.2) is 10.5 Å². The predicted molar refractivity (Wildman–Crippen MR) is 86.0 cm³/mol. The van der Waals surface area contributed by atoms with Crippen molar-refractivity contribution in [3.05, 3.63) is 69.1 Å². The highest BCUT2D eigenvalue weighted by atomic mass is 16.5. The molecule has 0 atom stereocenters. The summed E-state index contributed by atoms with van der Waals surface area (Å²) in [7, 11) is 0. The number of ether oxygens (including phenoxy) is 1. The second-order valence-corrected chi connectivity index (χ2v) is 5.32. The zero-order valence-corrected chi connectivity index (χ0v) is 13.3. The molecular formula is C18H21NO3.